The Morgan fingerprint density at radius 1 is 0.893 bits per heavy atom. The van der Waals surface area contributed by atoms with Gasteiger partial charge in [0.1, 0.15) is 0 Å². The van der Waals surface area contributed by atoms with E-state index >= 15 is 0 Å². The fourth-order valence-corrected chi connectivity index (χ4v) is 3.43. The monoisotopic (exact) mass is 411 g/mol. The number of halogens is 1. The van der Waals surface area contributed by atoms with Gasteiger partial charge in [-0.15, -0.1) is 0 Å². The molecule has 0 unspecified atom stereocenters. The summed E-state index contributed by atoms with van der Waals surface area (Å²) in [6, 6.07) is 24.1. The van der Waals surface area contributed by atoms with Crippen LogP contribution in [0.25, 0.3) is 11.6 Å². The molecule has 3 aromatic rings. The van der Waals surface area contributed by atoms with Crippen LogP contribution in [0.5, 0.6) is 0 Å². The third kappa shape index (κ3) is 5.09. The van der Waals surface area contributed by atoms with Crippen LogP contribution in [0.1, 0.15) is 27.0 Å². The van der Waals surface area contributed by atoms with Gasteiger partial charge in [0.25, 0.3) is 5.91 Å². The lowest BCUT2D eigenvalue weighted by molar-refractivity contribution is 0.0981. The zero-order valence-electron chi connectivity index (χ0n) is 15.1. The molecule has 0 spiro atoms. The maximum absolute atomic E-state index is 12.6. The van der Waals surface area contributed by atoms with E-state index in [4.69, 9.17) is 11.6 Å². The maximum atomic E-state index is 12.6. The lowest BCUT2D eigenvalue weighted by atomic mass is 9.92. The Morgan fingerprint density at radius 3 is 2.11 bits per heavy atom. The van der Waals surface area contributed by atoms with Crippen molar-refractivity contribution in [3.63, 3.8) is 0 Å². The van der Waals surface area contributed by atoms with Crippen molar-refractivity contribution in [2.75, 3.05) is 6.26 Å². The van der Waals surface area contributed by atoms with Crippen LogP contribution in [0, 0.1) is 0 Å². The largest absolute Gasteiger partial charge is 0.268 e. The summed E-state index contributed by atoms with van der Waals surface area (Å²) in [4.78, 5) is 12.6. The molecule has 0 bridgehead atoms. The average molecular weight is 412 g/mol. The van der Waals surface area contributed by atoms with E-state index in [1.165, 1.54) is 6.07 Å². The molecule has 0 atom stereocenters. The minimum absolute atomic E-state index is 0.184. The first-order valence-corrected chi connectivity index (χ1v) is 10.7. The van der Waals surface area contributed by atoms with E-state index in [0.29, 0.717) is 10.6 Å². The van der Waals surface area contributed by atoms with E-state index in [1.54, 1.807) is 12.1 Å². The zero-order valence-corrected chi connectivity index (χ0v) is 16.7. The van der Waals surface area contributed by atoms with Crippen molar-refractivity contribution in [1.82, 2.24) is 4.72 Å². The first-order chi connectivity index (χ1) is 13.3. The Balaban J connectivity index is 2.21. The number of sulfonamides is 1. The van der Waals surface area contributed by atoms with E-state index in [9.17, 15) is 13.2 Å². The van der Waals surface area contributed by atoms with Crippen molar-refractivity contribution < 1.29 is 13.2 Å². The molecule has 0 heterocycles. The number of carbonyl (C=O) groups excluding carboxylic acids is 1. The summed E-state index contributed by atoms with van der Waals surface area (Å²) < 4.78 is 25.1. The predicted octanol–water partition coefficient (Wildman–Crippen LogP) is 4.62. The van der Waals surface area contributed by atoms with Gasteiger partial charge in [0, 0.05) is 10.6 Å². The van der Waals surface area contributed by atoms with Crippen molar-refractivity contribution in [3.05, 3.63) is 106 Å². The second kappa shape index (κ2) is 8.42. The highest BCUT2D eigenvalue weighted by atomic mass is 35.5. The van der Waals surface area contributed by atoms with Crippen LogP contribution in [-0.4, -0.2) is 20.6 Å². The van der Waals surface area contributed by atoms with Crippen LogP contribution in [0.15, 0.2) is 78.9 Å². The molecule has 0 aliphatic heterocycles. The summed E-state index contributed by atoms with van der Waals surface area (Å²) in [6.07, 6.45) is 2.89. The average Bonchev–Trinajstić information content (AvgIpc) is 2.66. The molecule has 0 fully saturated rings. The van der Waals surface area contributed by atoms with Crippen LogP contribution < -0.4 is 4.72 Å². The third-order valence-electron chi connectivity index (χ3n) is 3.99. The summed E-state index contributed by atoms with van der Waals surface area (Å²) in [6.45, 7) is 0. The van der Waals surface area contributed by atoms with Crippen molar-refractivity contribution in [2.45, 2.75) is 0 Å². The highest BCUT2D eigenvalue weighted by Crippen LogP contribution is 2.30. The minimum Gasteiger partial charge on any atom is -0.268 e. The Morgan fingerprint density at radius 2 is 1.50 bits per heavy atom. The molecule has 1 N–H and O–H groups in total. The van der Waals surface area contributed by atoms with Gasteiger partial charge >= 0.3 is 0 Å². The highest BCUT2D eigenvalue weighted by molar-refractivity contribution is 7.89. The fraction of sp³-hybridized carbons (Fsp3) is 0.0455. The van der Waals surface area contributed by atoms with E-state index in [-0.39, 0.29) is 5.56 Å². The van der Waals surface area contributed by atoms with Crippen molar-refractivity contribution in [1.29, 1.82) is 0 Å². The SMILES string of the molecule is CS(=O)(=O)NC(=O)c1cc(Cl)ccc1/C(=C/c1ccccc1)c1ccccc1. The van der Waals surface area contributed by atoms with Gasteiger partial charge in [0.2, 0.25) is 10.0 Å². The molecule has 1 amide bonds. The standard InChI is InChI=1S/C22H18ClNO3S/c1-28(26,27)24-22(25)21-15-18(23)12-13-19(21)20(17-10-6-3-7-11-17)14-16-8-4-2-5-9-16/h2-15H,1H3,(H,24,25)/b20-14+. The lowest BCUT2D eigenvalue weighted by Crippen LogP contribution is -2.30. The topological polar surface area (TPSA) is 63.2 Å². The predicted molar refractivity (Wildman–Crippen MR) is 114 cm³/mol. The number of carbonyl (C=O) groups is 1. The molecular formula is C22H18ClNO3S. The Bertz CT molecular complexity index is 1120. The summed E-state index contributed by atoms with van der Waals surface area (Å²) >= 11 is 6.09. The lowest BCUT2D eigenvalue weighted by Gasteiger charge is -2.14. The number of hydrogen-bond donors (Lipinski definition) is 1. The molecule has 142 valence electrons. The fourth-order valence-electron chi connectivity index (χ4n) is 2.81. The molecule has 0 aliphatic carbocycles. The normalized spacial score (nSPS) is 11.9. The number of amides is 1. The Hall–Kier alpha value is -2.89. The summed E-state index contributed by atoms with van der Waals surface area (Å²) in [7, 11) is -3.71. The molecule has 6 heteroatoms. The quantitative estimate of drug-likeness (QED) is 0.623. The second-order valence-corrected chi connectivity index (χ2v) is 8.41. The Labute approximate surface area is 169 Å². The van der Waals surface area contributed by atoms with Gasteiger partial charge in [0.15, 0.2) is 0 Å². The number of rotatable bonds is 5. The van der Waals surface area contributed by atoms with Gasteiger partial charge in [-0.25, -0.2) is 13.1 Å². The summed E-state index contributed by atoms with van der Waals surface area (Å²) in [5.74, 6) is -0.727. The van der Waals surface area contributed by atoms with Gasteiger partial charge in [0.05, 0.1) is 6.26 Å². The number of hydrogen-bond acceptors (Lipinski definition) is 3. The first-order valence-electron chi connectivity index (χ1n) is 8.48. The van der Waals surface area contributed by atoms with Gasteiger partial charge in [-0.3, -0.25) is 4.79 Å². The molecule has 0 saturated carbocycles. The molecule has 0 aromatic heterocycles. The van der Waals surface area contributed by atoms with Crippen LogP contribution in [0.2, 0.25) is 5.02 Å². The smallest absolute Gasteiger partial charge is 0.265 e. The van der Waals surface area contributed by atoms with Crippen LogP contribution in [0.4, 0.5) is 0 Å². The van der Waals surface area contributed by atoms with Crippen molar-refractivity contribution in [3.8, 4) is 0 Å². The molecule has 0 aliphatic rings. The molecule has 28 heavy (non-hydrogen) atoms. The van der Waals surface area contributed by atoms with Crippen molar-refractivity contribution >= 4 is 39.2 Å². The van der Waals surface area contributed by atoms with Crippen LogP contribution in [0.3, 0.4) is 0 Å². The second-order valence-electron chi connectivity index (χ2n) is 6.23. The highest BCUT2D eigenvalue weighted by Gasteiger charge is 2.19. The van der Waals surface area contributed by atoms with E-state index in [1.807, 2.05) is 71.5 Å². The zero-order chi connectivity index (χ0) is 20.1. The number of benzene rings is 3. The third-order valence-corrected chi connectivity index (χ3v) is 4.78. The first kappa shape index (κ1) is 19.9. The molecule has 3 rings (SSSR count). The van der Waals surface area contributed by atoms with Crippen molar-refractivity contribution in [2.24, 2.45) is 0 Å². The molecular weight excluding hydrogens is 394 g/mol. The number of nitrogens with one attached hydrogen (secondary N) is 1. The molecule has 3 aromatic carbocycles. The van der Waals surface area contributed by atoms with Crippen LogP contribution in [-0.2, 0) is 10.0 Å². The van der Waals surface area contributed by atoms with Gasteiger partial charge in [-0.2, -0.15) is 0 Å². The molecule has 4 nitrogen and oxygen atoms in total. The van der Waals surface area contributed by atoms with Gasteiger partial charge in [-0.05, 0) is 40.5 Å². The Kier molecular flexibility index (Phi) is 5.97. The van der Waals surface area contributed by atoms with Gasteiger partial charge < -0.3 is 0 Å². The van der Waals surface area contributed by atoms with E-state index in [0.717, 1.165) is 23.0 Å². The summed E-state index contributed by atoms with van der Waals surface area (Å²) in [5, 5.41) is 0.342. The van der Waals surface area contributed by atoms with E-state index in [2.05, 4.69) is 0 Å². The van der Waals surface area contributed by atoms with Gasteiger partial charge in [-0.1, -0.05) is 78.3 Å². The summed E-state index contributed by atoms with van der Waals surface area (Å²) in [5.41, 5.74) is 3.39. The van der Waals surface area contributed by atoms with E-state index < -0.39 is 15.9 Å². The minimum atomic E-state index is -3.71. The maximum Gasteiger partial charge on any atom is 0.265 e. The molecule has 0 radical (unpaired) electrons. The molecule has 0 saturated heterocycles. The van der Waals surface area contributed by atoms with Crippen LogP contribution >= 0.6 is 11.6 Å².